The van der Waals surface area contributed by atoms with Crippen molar-refractivity contribution < 1.29 is 9.59 Å². The van der Waals surface area contributed by atoms with Gasteiger partial charge in [-0.15, -0.1) is 0 Å². The topological polar surface area (TPSA) is 59.7 Å². The molecule has 2 aliphatic heterocycles. The molecule has 2 fully saturated rings. The van der Waals surface area contributed by atoms with Gasteiger partial charge in [-0.25, -0.2) is 0 Å². The maximum Gasteiger partial charge on any atom is 0.270 e. The van der Waals surface area contributed by atoms with Gasteiger partial charge in [0, 0.05) is 56.1 Å². The number of hydrogen-bond donors (Lipinski definition) is 1. The second kappa shape index (κ2) is 9.86. The van der Waals surface area contributed by atoms with Crippen LogP contribution >= 0.6 is 0 Å². The number of piperazine rings is 1. The van der Waals surface area contributed by atoms with E-state index in [2.05, 4.69) is 54.1 Å². The summed E-state index contributed by atoms with van der Waals surface area (Å²) in [7, 11) is 0. The number of piperidine rings is 1. The lowest BCUT2D eigenvalue weighted by Crippen LogP contribution is -2.50. The number of rotatable bonds is 4. The Balaban J connectivity index is 1.33. The fraction of sp³-hybridized carbons (Fsp3) is 0.448. The lowest BCUT2D eigenvalue weighted by atomic mass is 9.84. The molecule has 0 unspecified atom stereocenters. The highest BCUT2D eigenvalue weighted by Crippen LogP contribution is 2.34. The number of aryl methyl sites for hydroxylation is 2. The molecule has 1 aromatic heterocycles. The van der Waals surface area contributed by atoms with Gasteiger partial charge < -0.3 is 14.8 Å². The number of carbonyl (C=O) groups excluding carboxylic acids is 2. The first kappa shape index (κ1) is 23.6. The minimum atomic E-state index is 0.0461. The summed E-state index contributed by atoms with van der Waals surface area (Å²) >= 11 is 0. The number of fused-ring (bicyclic) bond motifs is 1. The Morgan fingerprint density at radius 2 is 1.49 bits per heavy atom. The van der Waals surface area contributed by atoms with Gasteiger partial charge in [-0.1, -0.05) is 36.4 Å². The largest absolute Gasteiger partial charge is 0.350 e. The van der Waals surface area contributed by atoms with Crippen LogP contribution in [-0.4, -0.2) is 70.8 Å². The minimum absolute atomic E-state index is 0.0461. The number of H-pyrrole nitrogens is 1. The molecular weight excluding hydrogens is 436 g/mol. The molecule has 35 heavy (non-hydrogen) atoms. The molecule has 0 radical (unpaired) electrons. The molecule has 0 aliphatic carbocycles. The normalized spacial score (nSPS) is 17.8. The third-order valence-electron chi connectivity index (χ3n) is 7.96. The molecule has 0 spiro atoms. The Hall–Kier alpha value is -3.12. The Kier molecular flexibility index (Phi) is 6.65. The van der Waals surface area contributed by atoms with Gasteiger partial charge in [-0.3, -0.25) is 14.5 Å². The van der Waals surface area contributed by atoms with E-state index in [1.165, 1.54) is 16.7 Å². The molecule has 3 heterocycles. The fourth-order valence-electron chi connectivity index (χ4n) is 6.00. The van der Waals surface area contributed by atoms with Crippen LogP contribution in [0.2, 0.25) is 0 Å². The maximum atomic E-state index is 13.6. The number of carbonyl (C=O) groups is 2. The van der Waals surface area contributed by atoms with Crippen molar-refractivity contribution in [2.75, 3.05) is 39.3 Å². The SMILES string of the molecule is CC(=O)N1CCN(C(=O)c2[nH]c3ccccc3c2CN2CCC(c3c(C)cccc3C)CC2)CC1. The Morgan fingerprint density at radius 3 is 2.14 bits per heavy atom. The zero-order valence-electron chi connectivity index (χ0n) is 21.1. The molecule has 2 saturated heterocycles. The van der Waals surface area contributed by atoms with E-state index in [0.29, 0.717) is 37.8 Å². The van der Waals surface area contributed by atoms with E-state index < -0.39 is 0 Å². The fourth-order valence-corrected chi connectivity index (χ4v) is 6.00. The molecular formula is C29H36N4O2. The van der Waals surface area contributed by atoms with Gasteiger partial charge in [0.1, 0.15) is 5.69 Å². The second-order valence-corrected chi connectivity index (χ2v) is 10.2. The number of benzene rings is 2. The zero-order valence-corrected chi connectivity index (χ0v) is 21.1. The highest BCUT2D eigenvalue weighted by molar-refractivity contribution is 6.01. The van der Waals surface area contributed by atoms with Crippen molar-refractivity contribution in [2.24, 2.45) is 0 Å². The third kappa shape index (κ3) is 4.72. The Morgan fingerprint density at radius 1 is 0.857 bits per heavy atom. The van der Waals surface area contributed by atoms with Crippen molar-refractivity contribution in [1.82, 2.24) is 19.7 Å². The lowest BCUT2D eigenvalue weighted by molar-refractivity contribution is -0.130. The van der Waals surface area contributed by atoms with Gasteiger partial charge in [0.15, 0.2) is 0 Å². The number of hydrogen-bond acceptors (Lipinski definition) is 3. The van der Waals surface area contributed by atoms with Crippen molar-refractivity contribution in [3.8, 4) is 0 Å². The highest BCUT2D eigenvalue weighted by atomic mass is 16.2. The van der Waals surface area contributed by atoms with Crippen LogP contribution < -0.4 is 0 Å². The summed E-state index contributed by atoms with van der Waals surface area (Å²) in [5.74, 6) is 0.728. The van der Waals surface area contributed by atoms with E-state index >= 15 is 0 Å². The summed E-state index contributed by atoms with van der Waals surface area (Å²) in [6.07, 6.45) is 2.29. The molecule has 184 valence electrons. The summed E-state index contributed by atoms with van der Waals surface area (Å²) in [6.45, 7) is 11.2. The van der Waals surface area contributed by atoms with Gasteiger partial charge >= 0.3 is 0 Å². The highest BCUT2D eigenvalue weighted by Gasteiger charge is 2.29. The van der Waals surface area contributed by atoms with Crippen LogP contribution in [0.25, 0.3) is 10.9 Å². The van der Waals surface area contributed by atoms with E-state index in [-0.39, 0.29) is 11.8 Å². The number of nitrogens with one attached hydrogen (secondary N) is 1. The minimum Gasteiger partial charge on any atom is -0.350 e. The van der Waals surface area contributed by atoms with Crippen molar-refractivity contribution >= 4 is 22.7 Å². The summed E-state index contributed by atoms with van der Waals surface area (Å²) in [5, 5.41) is 1.13. The van der Waals surface area contributed by atoms with Crippen LogP contribution in [0.1, 0.15) is 58.4 Å². The monoisotopic (exact) mass is 472 g/mol. The van der Waals surface area contributed by atoms with E-state index in [4.69, 9.17) is 0 Å². The molecule has 2 amide bonds. The molecule has 0 atom stereocenters. The molecule has 5 rings (SSSR count). The van der Waals surface area contributed by atoms with Crippen LogP contribution in [0.15, 0.2) is 42.5 Å². The second-order valence-electron chi connectivity index (χ2n) is 10.2. The van der Waals surface area contributed by atoms with Gasteiger partial charge in [0.25, 0.3) is 5.91 Å². The molecule has 6 heteroatoms. The predicted octanol–water partition coefficient (Wildman–Crippen LogP) is 4.47. The van der Waals surface area contributed by atoms with E-state index in [1.807, 2.05) is 21.9 Å². The number of para-hydroxylation sites is 1. The van der Waals surface area contributed by atoms with Gasteiger partial charge in [-0.05, 0) is 68.5 Å². The summed E-state index contributed by atoms with van der Waals surface area (Å²) in [5.41, 5.74) is 7.15. The van der Waals surface area contributed by atoms with Gasteiger partial charge in [-0.2, -0.15) is 0 Å². The Bertz CT molecular complexity index is 1210. The number of likely N-dealkylation sites (tertiary alicyclic amines) is 1. The molecule has 0 bridgehead atoms. The van der Waals surface area contributed by atoms with Crippen molar-refractivity contribution in [2.45, 2.75) is 46.1 Å². The number of amides is 2. The van der Waals surface area contributed by atoms with E-state index in [1.54, 1.807) is 6.92 Å². The van der Waals surface area contributed by atoms with Crippen LogP contribution in [0.4, 0.5) is 0 Å². The molecule has 6 nitrogen and oxygen atoms in total. The first-order valence-corrected chi connectivity index (χ1v) is 12.8. The molecule has 2 aromatic carbocycles. The van der Waals surface area contributed by atoms with Gasteiger partial charge in [0.05, 0.1) is 0 Å². The Labute approximate surface area is 207 Å². The van der Waals surface area contributed by atoms with Crippen LogP contribution in [0.5, 0.6) is 0 Å². The number of nitrogens with zero attached hydrogens (tertiary/aromatic N) is 3. The average molecular weight is 473 g/mol. The molecule has 1 N–H and O–H groups in total. The standard InChI is InChI=1S/C29H36N4O2/c1-20-7-6-8-21(2)27(20)23-11-13-31(14-12-23)19-25-24-9-4-5-10-26(24)30-28(25)29(35)33-17-15-32(16-18-33)22(3)34/h4-10,23,30H,11-19H2,1-3H3. The van der Waals surface area contributed by atoms with Crippen molar-refractivity contribution in [3.05, 3.63) is 70.4 Å². The predicted molar refractivity (Wildman–Crippen MR) is 140 cm³/mol. The van der Waals surface area contributed by atoms with Crippen molar-refractivity contribution in [1.29, 1.82) is 0 Å². The maximum absolute atomic E-state index is 13.6. The third-order valence-corrected chi connectivity index (χ3v) is 7.96. The summed E-state index contributed by atoms with van der Waals surface area (Å²) in [6, 6.07) is 14.8. The van der Waals surface area contributed by atoms with E-state index in [9.17, 15) is 9.59 Å². The van der Waals surface area contributed by atoms with E-state index in [0.717, 1.165) is 48.9 Å². The molecule has 0 saturated carbocycles. The average Bonchev–Trinajstić information content (AvgIpc) is 3.23. The molecule has 2 aliphatic rings. The molecule has 3 aromatic rings. The smallest absolute Gasteiger partial charge is 0.270 e. The summed E-state index contributed by atoms with van der Waals surface area (Å²) < 4.78 is 0. The summed E-state index contributed by atoms with van der Waals surface area (Å²) in [4.78, 5) is 34.9. The van der Waals surface area contributed by atoms with Crippen LogP contribution in [0.3, 0.4) is 0 Å². The van der Waals surface area contributed by atoms with Crippen LogP contribution in [0, 0.1) is 13.8 Å². The van der Waals surface area contributed by atoms with Crippen molar-refractivity contribution in [3.63, 3.8) is 0 Å². The quantitative estimate of drug-likeness (QED) is 0.610. The first-order chi connectivity index (χ1) is 16.9. The lowest BCUT2D eigenvalue weighted by Gasteiger charge is -2.35. The van der Waals surface area contributed by atoms with Crippen LogP contribution in [-0.2, 0) is 11.3 Å². The zero-order chi connectivity index (χ0) is 24.5. The first-order valence-electron chi connectivity index (χ1n) is 12.8. The number of aromatic nitrogens is 1. The van der Waals surface area contributed by atoms with Gasteiger partial charge in [0.2, 0.25) is 5.91 Å². The number of aromatic amines is 1.